The van der Waals surface area contributed by atoms with Gasteiger partial charge in [-0.3, -0.25) is 9.59 Å². The molecular weight excluding hydrogens is 402 g/mol. The van der Waals surface area contributed by atoms with Gasteiger partial charge in [0.05, 0.1) is 23.0 Å². The molecule has 2 aromatic rings. The zero-order chi connectivity index (χ0) is 20.6. The molecule has 3 N–H and O–H groups in total. The van der Waals surface area contributed by atoms with E-state index in [1.54, 1.807) is 18.0 Å². The van der Waals surface area contributed by atoms with Gasteiger partial charge in [-0.25, -0.2) is 8.42 Å². The number of carbonyl (C=O) groups excluding carboxylic acids is 2. The van der Waals surface area contributed by atoms with Crippen molar-refractivity contribution in [3.63, 3.8) is 0 Å². The molecule has 2 amide bonds. The Hall–Kier alpha value is -2.30. The summed E-state index contributed by atoms with van der Waals surface area (Å²) in [4.78, 5) is 23.1. The van der Waals surface area contributed by atoms with Crippen molar-refractivity contribution in [2.45, 2.75) is 30.5 Å². The lowest BCUT2D eigenvalue weighted by Crippen LogP contribution is -2.45. The number of furan rings is 1. The van der Waals surface area contributed by atoms with Gasteiger partial charge in [-0.1, -0.05) is 0 Å². The number of nitrogens with one attached hydrogen (secondary N) is 3. The SMILES string of the molecule is CC(=O)Nc1ccc(S(=O)(=O)NC(C)C(=O)NCCSCc2ccco2)cc1. The number of carbonyl (C=O) groups is 2. The highest BCUT2D eigenvalue weighted by Gasteiger charge is 2.21. The van der Waals surface area contributed by atoms with Gasteiger partial charge in [-0.15, -0.1) is 0 Å². The van der Waals surface area contributed by atoms with Gasteiger partial charge in [-0.05, 0) is 43.3 Å². The Kier molecular flexibility index (Phi) is 8.09. The molecule has 1 heterocycles. The van der Waals surface area contributed by atoms with E-state index < -0.39 is 22.0 Å². The van der Waals surface area contributed by atoms with Crippen molar-refractivity contribution in [2.75, 3.05) is 17.6 Å². The molecule has 0 saturated carbocycles. The summed E-state index contributed by atoms with van der Waals surface area (Å²) >= 11 is 1.60. The van der Waals surface area contributed by atoms with Crippen LogP contribution in [-0.2, 0) is 25.4 Å². The minimum absolute atomic E-state index is 0.00950. The van der Waals surface area contributed by atoms with E-state index in [0.717, 1.165) is 5.76 Å². The van der Waals surface area contributed by atoms with Crippen molar-refractivity contribution in [3.05, 3.63) is 48.4 Å². The summed E-state index contributed by atoms with van der Waals surface area (Å²) in [7, 11) is -3.86. The topological polar surface area (TPSA) is 118 Å². The molecule has 1 aromatic carbocycles. The van der Waals surface area contributed by atoms with Gasteiger partial charge in [-0.2, -0.15) is 16.5 Å². The highest BCUT2D eigenvalue weighted by molar-refractivity contribution is 7.98. The molecule has 28 heavy (non-hydrogen) atoms. The molecule has 152 valence electrons. The number of rotatable bonds is 10. The maximum Gasteiger partial charge on any atom is 0.241 e. The highest BCUT2D eigenvalue weighted by Crippen LogP contribution is 2.14. The summed E-state index contributed by atoms with van der Waals surface area (Å²) in [6.07, 6.45) is 1.61. The molecule has 0 bridgehead atoms. The quantitative estimate of drug-likeness (QED) is 0.501. The van der Waals surface area contributed by atoms with Crippen LogP contribution < -0.4 is 15.4 Å². The van der Waals surface area contributed by atoms with Gasteiger partial charge in [0, 0.05) is 24.9 Å². The molecule has 0 aliphatic rings. The molecule has 2 rings (SSSR count). The molecular formula is C18H23N3O5S2. The minimum Gasteiger partial charge on any atom is -0.468 e. The molecule has 10 heteroatoms. The first kappa shape index (κ1) is 22.0. The molecule has 0 spiro atoms. The second-order valence-electron chi connectivity index (χ2n) is 5.97. The van der Waals surface area contributed by atoms with Crippen molar-refractivity contribution >= 4 is 39.3 Å². The van der Waals surface area contributed by atoms with Crippen molar-refractivity contribution in [3.8, 4) is 0 Å². The first-order valence-electron chi connectivity index (χ1n) is 8.56. The molecule has 1 unspecified atom stereocenters. The third kappa shape index (κ3) is 7.02. The standard InChI is InChI=1S/C18H23N3O5S2/c1-13(18(23)19-9-11-27-12-16-4-3-10-26-16)21-28(24,25)17-7-5-15(6-8-17)20-14(2)22/h3-8,10,13,21H,9,11-12H2,1-2H3,(H,19,23)(H,20,22). The van der Waals surface area contributed by atoms with Crippen molar-refractivity contribution in [2.24, 2.45) is 0 Å². The Morgan fingerprint density at radius 1 is 1.18 bits per heavy atom. The first-order valence-corrected chi connectivity index (χ1v) is 11.2. The number of thioether (sulfide) groups is 1. The fourth-order valence-electron chi connectivity index (χ4n) is 2.24. The molecule has 0 fully saturated rings. The third-order valence-corrected chi connectivity index (χ3v) is 6.12. The van der Waals surface area contributed by atoms with Crippen LogP contribution in [0.25, 0.3) is 0 Å². The van der Waals surface area contributed by atoms with Gasteiger partial charge >= 0.3 is 0 Å². The predicted molar refractivity (Wildman–Crippen MR) is 108 cm³/mol. The Bertz CT molecular complexity index is 880. The van der Waals surface area contributed by atoms with E-state index >= 15 is 0 Å². The maximum absolute atomic E-state index is 12.4. The smallest absolute Gasteiger partial charge is 0.241 e. The average molecular weight is 426 g/mol. The summed E-state index contributed by atoms with van der Waals surface area (Å²) in [6, 6.07) is 8.47. The van der Waals surface area contributed by atoms with Gasteiger partial charge in [0.2, 0.25) is 21.8 Å². The number of sulfonamides is 1. The average Bonchev–Trinajstić information content (AvgIpc) is 3.14. The Morgan fingerprint density at radius 3 is 2.50 bits per heavy atom. The number of benzene rings is 1. The van der Waals surface area contributed by atoms with E-state index in [1.807, 2.05) is 12.1 Å². The minimum atomic E-state index is -3.86. The van der Waals surface area contributed by atoms with E-state index in [1.165, 1.54) is 38.1 Å². The molecule has 8 nitrogen and oxygen atoms in total. The van der Waals surface area contributed by atoms with E-state index in [9.17, 15) is 18.0 Å². The Balaban J connectivity index is 1.78. The number of amides is 2. The normalized spacial score (nSPS) is 12.4. The second-order valence-corrected chi connectivity index (χ2v) is 8.79. The summed E-state index contributed by atoms with van der Waals surface area (Å²) in [6.45, 7) is 3.26. The Labute approximate surface area is 168 Å². The summed E-state index contributed by atoms with van der Waals surface area (Å²) in [5.41, 5.74) is 0.490. The molecule has 0 saturated heterocycles. The summed E-state index contributed by atoms with van der Waals surface area (Å²) in [5, 5.41) is 5.26. The molecule has 0 aliphatic carbocycles. The highest BCUT2D eigenvalue weighted by atomic mass is 32.2. The largest absolute Gasteiger partial charge is 0.468 e. The van der Waals surface area contributed by atoms with Crippen LogP contribution in [0.1, 0.15) is 19.6 Å². The third-order valence-electron chi connectivity index (χ3n) is 3.58. The van der Waals surface area contributed by atoms with Crippen LogP contribution in [-0.4, -0.2) is 38.6 Å². The van der Waals surface area contributed by atoms with Crippen molar-refractivity contribution in [1.82, 2.24) is 10.0 Å². The van der Waals surface area contributed by atoms with Gasteiger partial charge in [0.25, 0.3) is 0 Å². The van der Waals surface area contributed by atoms with Gasteiger partial charge in [0.15, 0.2) is 0 Å². The van der Waals surface area contributed by atoms with Crippen molar-refractivity contribution in [1.29, 1.82) is 0 Å². The van der Waals surface area contributed by atoms with E-state index in [4.69, 9.17) is 4.42 Å². The summed E-state index contributed by atoms with van der Waals surface area (Å²) in [5.74, 6) is 1.59. The number of hydrogen-bond donors (Lipinski definition) is 3. The molecule has 0 radical (unpaired) electrons. The lowest BCUT2D eigenvalue weighted by atomic mass is 10.3. The number of hydrogen-bond acceptors (Lipinski definition) is 6. The summed E-state index contributed by atoms with van der Waals surface area (Å²) < 4.78 is 32.4. The van der Waals surface area contributed by atoms with Crippen LogP contribution in [0.4, 0.5) is 5.69 Å². The van der Waals surface area contributed by atoms with Crippen LogP contribution in [0, 0.1) is 0 Å². The van der Waals surface area contributed by atoms with Crippen LogP contribution in [0.5, 0.6) is 0 Å². The van der Waals surface area contributed by atoms with E-state index in [0.29, 0.717) is 23.7 Å². The number of anilines is 1. The van der Waals surface area contributed by atoms with Gasteiger partial charge < -0.3 is 15.1 Å². The second kappa shape index (κ2) is 10.3. The fraction of sp³-hybridized carbons (Fsp3) is 0.333. The molecule has 1 atom stereocenters. The van der Waals surface area contributed by atoms with Gasteiger partial charge in [0.1, 0.15) is 5.76 Å². The molecule has 1 aromatic heterocycles. The van der Waals surface area contributed by atoms with Crippen LogP contribution >= 0.6 is 11.8 Å². The zero-order valence-electron chi connectivity index (χ0n) is 15.6. The van der Waals surface area contributed by atoms with Crippen LogP contribution in [0.2, 0.25) is 0 Å². The molecule has 0 aliphatic heterocycles. The monoisotopic (exact) mass is 425 g/mol. The zero-order valence-corrected chi connectivity index (χ0v) is 17.2. The van der Waals surface area contributed by atoms with Crippen LogP contribution in [0.3, 0.4) is 0 Å². The lowest BCUT2D eigenvalue weighted by Gasteiger charge is -2.14. The lowest BCUT2D eigenvalue weighted by molar-refractivity contribution is -0.122. The predicted octanol–water partition coefficient (Wildman–Crippen LogP) is 1.95. The van der Waals surface area contributed by atoms with E-state index in [2.05, 4.69) is 15.4 Å². The fourth-order valence-corrected chi connectivity index (χ4v) is 4.20. The first-order chi connectivity index (χ1) is 13.3. The van der Waals surface area contributed by atoms with Crippen LogP contribution in [0.15, 0.2) is 52.0 Å². The maximum atomic E-state index is 12.4. The van der Waals surface area contributed by atoms with E-state index in [-0.39, 0.29) is 10.8 Å². The van der Waals surface area contributed by atoms with Crippen molar-refractivity contribution < 1.29 is 22.4 Å². The Morgan fingerprint density at radius 2 is 1.89 bits per heavy atom.